The third-order valence-electron chi connectivity index (χ3n) is 2.88. The van der Waals surface area contributed by atoms with Crippen molar-refractivity contribution >= 4 is 0 Å². The van der Waals surface area contributed by atoms with Crippen LogP contribution in [0.5, 0.6) is 5.75 Å². The molecule has 0 spiro atoms. The first-order valence-corrected chi connectivity index (χ1v) is 6.24. The van der Waals surface area contributed by atoms with Gasteiger partial charge in [-0.15, -0.1) is 0 Å². The molecule has 16 heavy (non-hydrogen) atoms. The SMILES string of the molecule is CCc1cccc(OCCN(CC)CC)c1. The number of rotatable bonds is 7. The van der Waals surface area contributed by atoms with Gasteiger partial charge in [0.05, 0.1) is 0 Å². The molecule has 0 radical (unpaired) electrons. The van der Waals surface area contributed by atoms with Gasteiger partial charge in [0.25, 0.3) is 0 Å². The lowest BCUT2D eigenvalue weighted by Gasteiger charge is -2.18. The molecular formula is C14H23NO. The minimum Gasteiger partial charge on any atom is -0.492 e. The Kier molecular flexibility index (Phi) is 5.94. The van der Waals surface area contributed by atoms with Crippen LogP contribution in [0.25, 0.3) is 0 Å². The summed E-state index contributed by atoms with van der Waals surface area (Å²) in [6.07, 6.45) is 1.06. The lowest BCUT2D eigenvalue weighted by atomic mass is 10.2. The van der Waals surface area contributed by atoms with E-state index in [1.165, 1.54) is 5.56 Å². The molecule has 1 rings (SSSR count). The van der Waals surface area contributed by atoms with Crippen molar-refractivity contribution in [3.05, 3.63) is 29.8 Å². The topological polar surface area (TPSA) is 12.5 Å². The first-order chi connectivity index (χ1) is 7.80. The Morgan fingerprint density at radius 2 is 1.88 bits per heavy atom. The fourth-order valence-corrected chi connectivity index (χ4v) is 1.69. The van der Waals surface area contributed by atoms with Gasteiger partial charge in [-0.3, -0.25) is 0 Å². The third kappa shape index (κ3) is 4.23. The maximum absolute atomic E-state index is 5.74. The lowest BCUT2D eigenvalue weighted by molar-refractivity contribution is 0.222. The van der Waals surface area contributed by atoms with Crippen LogP contribution in [0.4, 0.5) is 0 Å². The first kappa shape index (κ1) is 13.0. The number of ether oxygens (including phenoxy) is 1. The molecule has 0 saturated carbocycles. The maximum Gasteiger partial charge on any atom is 0.119 e. The molecule has 1 aromatic rings. The van der Waals surface area contributed by atoms with E-state index < -0.39 is 0 Å². The molecule has 0 saturated heterocycles. The summed E-state index contributed by atoms with van der Waals surface area (Å²) in [6.45, 7) is 10.5. The van der Waals surface area contributed by atoms with Crippen molar-refractivity contribution in [3.63, 3.8) is 0 Å². The van der Waals surface area contributed by atoms with Crippen molar-refractivity contribution in [2.45, 2.75) is 27.2 Å². The molecule has 1 aromatic carbocycles. The van der Waals surface area contributed by atoms with Gasteiger partial charge in [0.15, 0.2) is 0 Å². The molecular weight excluding hydrogens is 198 g/mol. The van der Waals surface area contributed by atoms with Gasteiger partial charge in [0, 0.05) is 6.54 Å². The van der Waals surface area contributed by atoms with Crippen LogP contribution >= 0.6 is 0 Å². The molecule has 2 heteroatoms. The van der Waals surface area contributed by atoms with Gasteiger partial charge in [-0.1, -0.05) is 32.9 Å². The summed E-state index contributed by atoms with van der Waals surface area (Å²) >= 11 is 0. The lowest BCUT2D eigenvalue weighted by Crippen LogP contribution is -2.27. The molecule has 0 heterocycles. The highest BCUT2D eigenvalue weighted by atomic mass is 16.5. The van der Waals surface area contributed by atoms with Gasteiger partial charge >= 0.3 is 0 Å². The molecule has 0 aliphatic rings. The van der Waals surface area contributed by atoms with Crippen LogP contribution in [0.1, 0.15) is 26.3 Å². The second kappa shape index (κ2) is 7.29. The van der Waals surface area contributed by atoms with Crippen molar-refractivity contribution in [2.75, 3.05) is 26.2 Å². The van der Waals surface area contributed by atoms with Crippen LogP contribution in [0.2, 0.25) is 0 Å². The van der Waals surface area contributed by atoms with E-state index in [1.807, 2.05) is 6.07 Å². The second-order valence-electron chi connectivity index (χ2n) is 3.88. The maximum atomic E-state index is 5.74. The van der Waals surface area contributed by atoms with Crippen LogP contribution in [0.3, 0.4) is 0 Å². The molecule has 0 fully saturated rings. The van der Waals surface area contributed by atoms with Crippen LogP contribution in [-0.4, -0.2) is 31.1 Å². The van der Waals surface area contributed by atoms with Gasteiger partial charge in [0.1, 0.15) is 12.4 Å². The number of hydrogen-bond donors (Lipinski definition) is 0. The van der Waals surface area contributed by atoms with Crippen molar-refractivity contribution in [2.24, 2.45) is 0 Å². The van der Waals surface area contributed by atoms with Crippen molar-refractivity contribution < 1.29 is 4.74 Å². The van der Waals surface area contributed by atoms with E-state index in [9.17, 15) is 0 Å². The zero-order valence-corrected chi connectivity index (χ0v) is 10.7. The number of likely N-dealkylation sites (N-methyl/N-ethyl adjacent to an activating group) is 1. The highest BCUT2D eigenvalue weighted by molar-refractivity contribution is 5.28. The van der Waals surface area contributed by atoms with E-state index in [0.29, 0.717) is 0 Å². The Balaban J connectivity index is 2.36. The predicted molar refractivity (Wildman–Crippen MR) is 69.1 cm³/mol. The van der Waals surface area contributed by atoms with Crippen LogP contribution in [0, 0.1) is 0 Å². The molecule has 0 unspecified atom stereocenters. The Labute approximate surface area is 99.2 Å². The van der Waals surface area contributed by atoms with Crippen LogP contribution in [-0.2, 0) is 6.42 Å². The van der Waals surface area contributed by atoms with Gasteiger partial charge in [-0.25, -0.2) is 0 Å². The molecule has 0 N–H and O–H groups in total. The van der Waals surface area contributed by atoms with E-state index in [-0.39, 0.29) is 0 Å². The summed E-state index contributed by atoms with van der Waals surface area (Å²) in [5.41, 5.74) is 1.33. The Morgan fingerprint density at radius 1 is 1.12 bits per heavy atom. The molecule has 0 aliphatic heterocycles. The standard InChI is InChI=1S/C14H23NO/c1-4-13-8-7-9-14(12-13)16-11-10-15(5-2)6-3/h7-9,12H,4-6,10-11H2,1-3H3. The highest BCUT2D eigenvalue weighted by Crippen LogP contribution is 2.13. The quantitative estimate of drug-likeness (QED) is 0.702. The number of hydrogen-bond acceptors (Lipinski definition) is 2. The largest absolute Gasteiger partial charge is 0.492 e. The van der Waals surface area contributed by atoms with E-state index in [2.05, 4.69) is 43.9 Å². The van der Waals surface area contributed by atoms with Crippen LogP contribution < -0.4 is 4.74 Å². The predicted octanol–water partition coefficient (Wildman–Crippen LogP) is 2.97. The fourth-order valence-electron chi connectivity index (χ4n) is 1.69. The van der Waals surface area contributed by atoms with Crippen molar-refractivity contribution in [1.29, 1.82) is 0 Å². The van der Waals surface area contributed by atoms with E-state index >= 15 is 0 Å². The van der Waals surface area contributed by atoms with Gasteiger partial charge in [-0.2, -0.15) is 0 Å². The normalized spacial score (nSPS) is 10.8. The molecule has 90 valence electrons. The Hall–Kier alpha value is -1.02. The summed E-state index contributed by atoms with van der Waals surface area (Å²) in [5, 5.41) is 0. The zero-order valence-electron chi connectivity index (χ0n) is 10.7. The van der Waals surface area contributed by atoms with E-state index in [0.717, 1.165) is 38.4 Å². The minimum absolute atomic E-state index is 0.773. The van der Waals surface area contributed by atoms with E-state index in [1.54, 1.807) is 0 Å². The molecule has 0 amide bonds. The Bertz CT molecular complexity index is 295. The first-order valence-electron chi connectivity index (χ1n) is 6.24. The smallest absolute Gasteiger partial charge is 0.119 e. The van der Waals surface area contributed by atoms with Crippen molar-refractivity contribution in [3.8, 4) is 5.75 Å². The molecule has 2 nitrogen and oxygen atoms in total. The summed E-state index contributed by atoms with van der Waals surface area (Å²) in [5.74, 6) is 0.992. The molecule has 0 aliphatic carbocycles. The minimum atomic E-state index is 0.773. The zero-order chi connectivity index (χ0) is 11.8. The fraction of sp³-hybridized carbons (Fsp3) is 0.571. The number of benzene rings is 1. The van der Waals surface area contributed by atoms with E-state index in [4.69, 9.17) is 4.74 Å². The molecule has 0 bridgehead atoms. The summed E-state index contributed by atoms with van der Waals surface area (Å²) < 4.78 is 5.74. The number of nitrogens with zero attached hydrogens (tertiary/aromatic N) is 1. The average Bonchev–Trinajstić information content (AvgIpc) is 2.35. The molecule has 0 atom stereocenters. The molecule has 0 aromatic heterocycles. The van der Waals surface area contributed by atoms with Gasteiger partial charge in [0.2, 0.25) is 0 Å². The Morgan fingerprint density at radius 3 is 2.50 bits per heavy atom. The van der Waals surface area contributed by atoms with Gasteiger partial charge < -0.3 is 9.64 Å². The average molecular weight is 221 g/mol. The number of aryl methyl sites for hydroxylation is 1. The van der Waals surface area contributed by atoms with Crippen molar-refractivity contribution in [1.82, 2.24) is 4.90 Å². The summed E-state index contributed by atoms with van der Waals surface area (Å²) in [4.78, 5) is 2.36. The van der Waals surface area contributed by atoms with Crippen LogP contribution in [0.15, 0.2) is 24.3 Å². The third-order valence-corrected chi connectivity index (χ3v) is 2.88. The van der Waals surface area contributed by atoms with Gasteiger partial charge in [-0.05, 0) is 37.2 Å². The summed E-state index contributed by atoms with van der Waals surface area (Å²) in [7, 11) is 0. The second-order valence-corrected chi connectivity index (χ2v) is 3.88. The highest BCUT2D eigenvalue weighted by Gasteiger charge is 1.99. The monoisotopic (exact) mass is 221 g/mol. The summed E-state index contributed by atoms with van der Waals surface area (Å²) in [6, 6.07) is 8.35.